The molecule has 1 aliphatic carbocycles. The third-order valence-corrected chi connectivity index (χ3v) is 6.02. The number of alkyl halides is 2. The molecule has 1 fully saturated rings. The highest BCUT2D eigenvalue weighted by Gasteiger charge is 2.68. The van der Waals surface area contributed by atoms with Crippen LogP contribution in [0.3, 0.4) is 0 Å². The van der Waals surface area contributed by atoms with Crippen LogP contribution in [-0.2, 0) is 4.79 Å². The largest absolute Gasteiger partial charge is 0.318 e. The van der Waals surface area contributed by atoms with Crippen LogP contribution < -0.4 is 10.2 Å². The summed E-state index contributed by atoms with van der Waals surface area (Å²) in [5.41, 5.74) is 0.170. The lowest BCUT2D eigenvalue weighted by atomic mass is 10.1. The number of hydrogen-bond donors (Lipinski definition) is 1. The number of hydrogen-bond acceptors (Lipinski definition) is 2. The Morgan fingerprint density at radius 3 is 2.50 bits per heavy atom. The zero-order chi connectivity index (χ0) is 17.5. The van der Waals surface area contributed by atoms with Crippen LogP contribution in [0.5, 0.6) is 0 Å². The highest BCUT2D eigenvalue weighted by Crippen LogP contribution is 2.63. The standard InChI is InChI=1S/C18H18Cl2N2OS/c1-3-22(14-10-6-8-12-7-4-5-9-13(12)14)16(24)21-15(23)17(2)11-18(17,19)20/h4-10H,3,11H2,1-2H3,(H,21,23,24)/t17-/m0/s1. The summed E-state index contributed by atoms with van der Waals surface area (Å²) in [6.07, 6.45) is 0.429. The number of fused-ring (bicyclic) bond motifs is 1. The van der Waals surface area contributed by atoms with Crippen molar-refractivity contribution in [1.29, 1.82) is 0 Å². The molecule has 2 aromatic rings. The van der Waals surface area contributed by atoms with E-state index in [1.807, 2.05) is 42.2 Å². The minimum Gasteiger partial charge on any atom is -0.318 e. The van der Waals surface area contributed by atoms with E-state index >= 15 is 0 Å². The first-order chi connectivity index (χ1) is 11.3. The molecule has 3 nitrogen and oxygen atoms in total. The molecule has 126 valence electrons. The summed E-state index contributed by atoms with van der Waals surface area (Å²) >= 11 is 17.6. The van der Waals surface area contributed by atoms with Gasteiger partial charge in [-0.05, 0) is 43.9 Å². The van der Waals surface area contributed by atoms with Gasteiger partial charge in [0.2, 0.25) is 5.91 Å². The van der Waals surface area contributed by atoms with Gasteiger partial charge >= 0.3 is 0 Å². The Bertz CT molecular complexity index is 818. The molecule has 24 heavy (non-hydrogen) atoms. The van der Waals surface area contributed by atoms with Gasteiger partial charge in [0, 0.05) is 11.9 Å². The SMILES string of the molecule is CCN(C(=S)NC(=O)[C@]1(C)CC1(Cl)Cl)c1cccc2ccccc12. The van der Waals surface area contributed by atoms with E-state index in [1.54, 1.807) is 6.92 Å². The predicted molar refractivity (Wildman–Crippen MR) is 105 cm³/mol. The lowest BCUT2D eigenvalue weighted by Gasteiger charge is -2.26. The molecule has 0 heterocycles. The molecular formula is C18H18Cl2N2OS. The van der Waals surface area contributed by atoms with Crippen molar-refractivity contribution in [2.24, 2.45) is 5.41 Å². The van der Waals surface area contributed by atoms with E-state index in [-0.39, 0.29) is 5.91 Å². The number of amides is 1. The molecular weight excluding hydrogens is 363 g/mol. The third kappa shape index (κ3) is 2.87. The molecule has 2 aromatic carbocycles. The molecule has 0 saturated heterocycles. The first kappa shape index (κ1) is 17.5. The van der Waals surface area contributed by atoms with Gasteiger partial charge in [-0.3, -0.25) is 4.79 Å². The van der Waals surface area contributed by atoms with Crippen LogP contribution in [0, 0.1) is 5.41 Å². The van der Waals surface area contributed by atoms with Gasteiger partial charge < -0.3 is 10.2 Å². The number of carbonyl (C=O) groups excluding carboxylic acids is 1. The highest BCUT2D eigenvalue weighted by atomic mass is 35.5. The summed E-state index contributed by atoms with van der Waals surface area (Å²) in [4.78, 5) is 14.4. The second-order valence-electron chi connectivity index (χ2n) is 6.22. The molecule has 6 heteroatoms. The molecule has 1 atom stereocenters. The van der Waals surface area contributed by atoms with Crippen LogP contribution >= 0.6 is 35.4 Å². The first-order valence-corrected chi connectivity index (χ1v) is 8.95. The minimum absolute atomic E-state index is 0.240. The van der Waals surface area contributed by atoms with Gasteiger partial charge in [0.15, 0.2) is 5.11 Å². The number of carbonyl (C=O) groups is 1. The molecule has 0 radical (unpaired) electrons. The fraction of sp³-hybridized carbons (Fsp3) is 0.333. The zero-order valence-electron chi connectivity index (χ0n) is 13.5. The lowest BCUT2D eigenvalue weighted by molar-refractivity contribution is -0.124. The Balaban J connectivity index is 1.86. The average molecular weight is 381 g/mol. The summed E-state index contributed by atoms with van der Waals surface area (Å²) < 4.78 is -1.01. The molecule has 1 amide bonds. The molecule has 0 spiro atoms. The monoisotopic (exact) mass is 380 g/mol. The molecule has 0 aromatic heterocycles. The predicted octanol–water partition coefficient (Wildman–Crippen LogP) is 4.65. The Morgan fingerprint density at radius 2 is 1.88 bits per heavy atom. The van der Waals surface area contributed by atoms with E-state index in [9.17, 15) is 4.79 Å². The molecule has 1 aliphatic rings. The molecule has 1 N–H and O–H groups in total. The Labute approximate surface area is 156 Å². The molecule has 3 rings (SSSR count). The highest BCUT2D eigenvalue weighted by molar-refractivity contribution is 7.80. The van der Waals surface area contributed by atoms with Gasteiger partial charge in [-0.15, -0.1) is 23.2 Å². The normalized spacial score (nSPS) is 21.3. The lowest BCUT2D eigenvalue weighted by Crippen LogP contribution is -2.46. The van der Waals surface area contributed by atoms with Crippen molar-refractivity contribution < 1.29 is 4.79 Å². The van der Waals surface area contributed by atoms with E-state index in [0.717, 1.165) is 16.5 Å². The van der Waals surface area contributed by atoms with Crippen molar-refractivity contribution >= 4 is 62.9 Å². The molecule has 1 saturated carbocycles. The summed E-state index contributed by atoms with van der Waals surface area (Å²) in [5, 5.41) is 5.37. The van der Waals surface area contributed by atoms with Crippen LogP contribution in [0.1, 0.15) is 20.3 Å². The van der Waals surface area contributed by atoms with Crippen molar-refractivity contribution in [3.05, 3.63) is 42.5 Å². The minimum atomic E-state index is -1.01. The molecule has 0 aliphatic heterocycles. The number of halogens is 2. The smallest absolute Gasteiger partial charge is 0.235 e. The van der Waals surface area contributed by atoms with E-state index in [0.29, 0.717) is 18.1 Å². The van der Waals surface area contributed by atoms with Crippen LogP contribution in [0.4, 0.5) is 5.69 Å². The number of anilines is 1. The van der Waals surface area contributed by atoms with Crippen molar-refractivity contribution in [1.82, 2.24) is 5.32 Å². The fourth-order valence-electron chi connectivity index (χ4n) is 2.82. The quantitative estimate of drug-likeness (QED) is 0.621. The van der Waals surface area contributed by atoms with Crippen LogP contribution in [0.25, 0.3) is 10.8 Å². The fourth-order valence-corrected chi connectivity index (χ4v) is 3.84. The van der Waals surface area contributed by atoms with E-state index < -0.39 is 9.75 Å². The average Bonchev–Trinajstić information content (AvgIpc) is 3.08. The number of benzene rings is 2. The summed E-state index contributed by atoms with van der Waals surface area (Å²) in [6, 6.07) is 14.1. The van der Waals surface area contributed by atoms with E-state index in [2.05, 4.69) is 17.4 Å². The maximum absolute atomic E-state index is 12.5. The molecule has 0 bridgehead atoms. The third-order valence-electron chi connectivity index (χ3n) is 4.60. The van der Waals surface area contributed by atoms with Crippen LogP contribution in [0.2, 0.25) is 0 Å². The van der Waals surface area contributed by atoms with Gasteiger partial charge in [-0.25, -0.2) is 0 Å². The van der Waals surface area contributed by atoms with E-state index in [4.69, 9.17) is 35.4 Å². The second-order valence-corrected chi connectivity index (χ2v) is 8.09. The van der Waals surface area contributed by atoms with Gasteiger partial charge in [-0.1, -0.05) is 36.4 Å². The van der Waals surface area contributed by atoms with Gasteiger partial charge in [0.25, 0.3) is 0 Å². The van der Waals surface area contributed by atoms with Gasteiger partial charge in [0.1, 0.15) is 4.33 Å². The second kappa shape index (κ2) is 6.17. The van der Waals surface area contributed by atoms with Crippen LogP contribution in [0.15, 0.2) is 42.5 Å². The van der Waals surface area contributed by atoms with Crippen molar-refractivity contribution in [2.45, 2.75) is 24.6 Å². The van der Waals surface area contributed by atoms with Gasteiger partial charge in [-0.2, -0.15) is 0 Å². The van der Waals surface area contributed by atoms with Crippen molar-refractivity contribution in [3.63, 3.8) is 0 Å². The number of thiocarbonyl (C=S) groups is 1. The molecule has 0 unspecified atom stereocenters. The summed E-state index contributed by atoms with van der Waals surface area (Å²) in [7, 11) is 0. The Kier molecular flexibility index (Phi) is 4.49. The van der Waals surface area contributed by atoms with Crippen molar-refractivity contribution in [2.75, 3.05) is 11.4 Å². The zero-order valence-corrected chi connectivity index (χ0v) is 15.8. The maximum Gasteiger partial charge on any atom is 0.235 e. The Morgan fingerprint density at radius 1 is 1.25 bits per heavy atom. The number of nitrogens with one attached hydrogen (secondary N) is 1. The Hall–Kier alpha value is -1.36. The van der Waals surface area contributed by atoms with Crippen molar-refractivity contribution in [3.8, 4) is 0 Å². The number of rotatable bonds is 3. The first-order valence-electron chi connectivity index (χ1n) is 7.79. The maximum atomic E-state index is 12.5. The van der Waals surface area contributed by atoms with Gasteiger partial charge in [0.05, 0.1) is 11.1 Å². The number of nitrogens with zero attached hydrogens (tertiary/aromatic N) is 1. The topological polar surface area (TPSA) is 32.3 Å². The summed E-state index contributed by atoms with van der Waals surface area (Å²) in [5.74, 6) is -0.240. The van der Waals surface area contributed by atoms with Crippen LogP contribution in [-0.4, -0.2) is 21.9 Å². The summed E-state index contributed by atoms with van der Waals surface area (Å²) in [6.45, 7) is 4.38. The van der Waals surface area contributed by atoms with E-state index in [1.165, 1.54) is 0 Å².